The van der Waals surface area contributed by atoms with E-state index in [1.165, 1.54) is 0 Å². The van der Waals surface area contributed by atoms with Crippen LogP contribution < -0.4 is 4.90 Å². The van der Waals surface area contributed by atoms with Gasteiger partial charge >= 0.3 is 0 Å². The number of hydrogen-bond donors (Lipinski definition) is 1. The first-order chi connectivity index (χ1) is 9.13. The lowest BCUT2D eigenvalue weighted by Crippen LogP contribution is -2.42. The summed E-state index contributed by atoms with van der Waals surface area (Å²) in [7, 11) is 1.91. The van der Waals surface area contributed by atoms with E-state index < -0.39 is 0 Å². The van der Waals surface area contributed by atoms with Gasteiger partial charge in [-0.3, -0.25) is 9.69 Å². The Morgan fingerprint density at radius 2 is 2.11 bits per heavy atom. The summed E-state index contributed by atoms with van der Waals surface area (Å²) in [4.78, 5) is 16.2. The summed E-state index contributed by atoms with van der Waals surface area (Å²) in [6, 6.07) is 9.65. The van der Waals surface area contributed by atoms with Crippen molar-refractivity contribution in [2.45, 2.75) is 31.9 Å². The fraction of sp³-hybridized carbons (Fsp3) is 0.533. The minimum atomic E-state index is -0.358. The molecule has 2 rings (SSSR count). The minimum Gasteiger partial charge on any atom is -0.392 e. The average Bonchev–Trinajstić information content (AvgIpc) is 2.81. The topological polar surface area (TPSA) is 43.8 Å². The van der Waals surface area contributed by atoms with Crippen LogP contribution in [0.15, 0.2) is 30.3 Å². The summed E-state index contributed by atoms with van der Waals surface area (Å²) in [5.41, 5.74) is 0.958. The van der Waals surface area contributed by atoms with Gasteiger partial charge in [-0.2, -0.15) is 0 Å². The van der Waals surface area contributed by atoms with Crippen LogP contribution in [0.5, 0.6) is 0 Å². The van der Waals surface area contributed by atoms with Crippen LogP contribution in [0, 0.1) is 0 Å². The van der Waals surface area contributed by atoms with Crippen LogP contribution in [0.2, 0.25) is 0 Å². The molecule has 4 heteroatoms. The lowest BCUT2D eigenvalue weighted by Gasteiger charge is -2.25. The van der Waals surface area contributed by atoms with Gasteiger partial charge in [0.05, 0.1) is 12.1 Å². The van der Waals surface area contributed by atoms with Crippen LogP contribution >= 0.6 is 0 Å². The van der Waals surface area contributed by atoms with Crippen LogP contribution in [-0.4, -0.2) is 48.2 Å². The number of benzene rings is 1. The molecule has 1 aromatic carbocycles. The highest BCUT2D eigenvalue weighted by molar-refractivity contribution is 5.99. The lowest BCUT2D eigenvalue weighted by molar-refractivity contribution is -0.121. The van der Waals surface area contributed by atoms with Crippen LogP contribution in [0.25, 0.3) is 0 Å². The number of aliphatic hydroxyl groups excluding tert-OH is 1. The Hall–Kier alpha value is -1.39. The zero-order valence-electron chi connectivity index (χ0n) is 11.6. The molecule has 1 heterocycles. The molecule has 0 bridgehead atoms. The number of aliphatic hydroxyl groups is 1. The number of nitrogens with zero attached hydrogens (tertiary/aromatic N) is 2. The second-order valence-corrected chi connectivity index (χ2v) is 5.13. The first-order valence-electron chi connectivity index (χ1n) is 6.88. The summed E-state index contributed by atoms with van der Waals surface area (Å²) in [6.45, 7) is 3.25. The summed E-state index contributed by atoms with van der Waals surface area (Å²) in [5.74, 6) is 0.136. The third-order valence-corrected chi connectivity index (χ3v) is 3.75. The van der Waals surface area contributed by atoms with E-state index in [-0.39, 0.29) is 18.1 Å². The van der Waals surface area contributed by atoms with E-state index in [9.17, 15) is 9.90 Å². The third kappa shape index (κ3) is 3.14. The normalized spacial score (nSPS) is 21.2. The van der Waals surface area contributed by atoms with Gasteiger partial charge in [0.15, 0.2) is 0 Å². The zero-order chi connectivity index (χ0) is 13.8. The van der Waals surface area contributed by atoms with E-state index in [4.69, 9.17) is 0 Å². The molecule has 1 aromatic rings. The molecule has 2 atom stereocenters. The smallest absolute Gasteiger partial charge is 0.244 e. The molecule has 1 saturated heterocycles. The molecule has 0 aromatic heterocycles. The zero-order valence-corrected chi connectivity index (χ0v) is 11.6. The van der Waals surface area contributed by atoms with Crippen molar-refractivity contribution in [3.8, 4) is 0 Å². The van der Waals surface area contributed by atoms with Gasteiger partial charge in [0.1, 0.15) is 0 Å². The number of hydrogen-bond acceptors (Lipinski definition) is 3. The summed E-state index contributed by atoms with van der Waals surface area (Å²) in [6.07, 6.45) is 1.18. The maximum Gasteiger partial charge on any atom is 0.244 e. The maximum absolute atomic E-state index is 12.4. The summed E-state index contributed by atoms with van der Waals surface area (Å²) >= 11 is 0. The van der Waals surface area contributed by atoms with Gasteiger partial charge in [-0.15, -0.1) is 0 Å². The molecule has 19 heavy (non-hydrogen) atoms. The van der Waals surface area contributed by atoms with Crippen LogP contribution in [-0.2, 0) is 4.79 Å². The molecule has 0 saturated carbocycles. The molecule has 1 N–H and O–H groups in total. The number of amides is 1. The quantitative estimate of drug-likeness (QED) is 0.874. The Morgan fingerprint density at radius 3 is 2.74 bits per heavy atom. The van der Waals surface area contributed by atoms with E-state index in [1.54, 1.807) is 0 Å². The van der Waals surface area contributed by atoms with Crippen molar-refractivity contribution in [1.29, 1.82) is 0 Å². The van der Waals surface area contributed by atoms with Crippen LogP contribution in [0.1, 0.15) is 19.8 Å². The summed E-state index contributed by atoms with van der Waals surface area (Å²) < 4.78 is 0. The van der Waals surface area contributed by atoms with Gasteiger partial charge in [0.25, 0.3) is 0 Å². The van der Waals surface area contributed by atoms with E-state index in [0.29, 0.717) is 13.0 Å². The molecule has 104 valence electrons. The van der Waals surface area contributed by atoms with Crippen molar-refractivity contribution in [3.63, 3.8) is 0 Å². The fourth-order valence-electron chi connectivity index (χ4n) is 2.53. The van der Waals surface area contributed by atoms with Crippen LogP contribution in [0.4, 0.5) is 5.69 Å². The second kappa shape index (κ2) is 6.17. The first-order valence-corrected chi connectivity index (χ1v) is 6.88. The SMILES string of the molecule is CC[C@@H](O)CN(C)C1CCN(c2ccccc2)C1=O. The molecule has 1 aliphatic heterocycles. The van der Waals surface area contributed by atoms with Gasteiger partial charge in [-0.25, -0.2) is 0 Å². The van der Waals surface area contributed by atoms with E-state index in [0.717, 1.165) is 18.7 Å². The van der Waals surface area contributed by atoms with Gasteiger partial charge in [0.2, 0.25) is 5.91 Å². The molecule has 1 fully saturated rings. The first kappa shape index (κ1) is 14.0. The van der Waals surface area contributed by atoms with Crippen molar-refractivity contribution in [3.05, 3.63) is 30.3 Å². The standard InChI is InChI=1S/C15H22N2O2/c1-3-13(18)11-16(2)14-9-10-17(15(14)19)12-7-5-4-6-8-12/h4-8,13-14,18H,3,9-11H2,1-2H3/t13-,14?/m1/s1. The Balaban J connectivity index is 2.02. The predicted octanol–water partition coefficient (Wildman–Crippen LogP) is 1.49. The molecule has 0 aliphatic carbocycles. The molecular weight excluding hydrogens is 240 g/mol. The van der Waals surface area contributed by atoms with E-state index in [1.807, 2.05) is 54.1 Å². The second-order valence-electron chi connectivity index (χ2n) is 5.13. The molecule has 1 unspecified atom stereocenters. The van der Waals surface area contributed by atoms with Crippen molar-refractivity contribution < 1.29 is 9.90 Å². The number of rotatable bonds is 5. The highest BCUT2D eigenvalue weighted by atomic mass is 16.3. The van der Waals surface area contributed by atoms with Gasteiger partial charge in [-0.1, -0.05) is 25.1 Å². The number of para-hydroxylation sites is 1. The Bertz CT molecular complexity index is 421. The molecule has 1 aliphatic rings. The van der Waals surface area contributed by atoms with Crippen LogP contribution in [0.3, 0.4) is 0 Å². The summed E-state index contributed by atoms with van der Waals surface area (Å²) in [5, 5.41) is 9.69. The van der Waals surface area contributed by atoms with Gasteiger partial charge in [0, 0.05) is 18.8 Å². The molecule has 0 spiro atoms. The average molecular weight is 262 g/mol. The fourth-order valence-corrected chi connectivity index (χ4v) is 2.53. The molecule has 4 nitrogen and oxygen atoms in total. The Labute approximate surface area is 114 Å². The Kier molecular flexibility index (Phi) is 4.56. The van der Waals surface area contributed by atoms with Crippen molar-refractivity contribution in [2.75, 3.05) is 25.0 Å². The van der Waals surface area contributed by atoms with Gasteiger partial charge in [-0.05, 0) is 32.0 Å². The van der Waals surface area contributed by atoms with Gasteiger partial charge < -0.3 is 10.0 Å². The largest absolute Gasteiger partial charge is 0.392 e. The molecule has 1 amide bonds. The van der Waals surface area contributed by atoms with E-state index >= 15 is 0 Å². The van der Waals surface area contributed by atoms with Crippen molar-refractivity contribution in [1.82, 2.24) is 4.90 Å². The predicted molar refractivity (Wildman–Crippen MR) is 76.1 cm³/mol. The Morgan fingerprint density at radius 1 is 1.42 bits per heavy atom. The number of anilines is 1. The number of carbonyl (C=O) groups is 1. The van der Waals surface area contributed by atoms with Crippen molar-refractivity contribution in [2.24, 2.45) is 0 Å². The monoisotopic (exact) mass is 262 g/mol. The molecular formula is C15H22N2O2. The highest BCUT2D eigenvalue weighted by Gasteiger charge is 2.35. The molecule has 0 radical (unpaired) electrons. The number of carbonyl (C=O) groups excluding carboxylic acids is 1. The minimum absolute atomic E-state index is 0.110. The number of likely N-dealkylation sites (N-methyl/N-ethyl adjacent to an activating group) is 1. The highest BCUT2D eigenvalue weighted by Crippen LogP contribution is 2.23. The third-order valence-electron chi connectivity index (χ3n) is 3.75. The van der Waals surface area contributed by atoms with E-state index in [2.05, 4.69) is 0 Å². The lowest BCUT2D eigenvalue weighted by atomic mass is 10.2. The maximum atomic E-state index is 12.4. The van der Waals surface area contributed by atoms with Crippen molar-refractivity contribution >= 4 is 11.6 Å².